The lowest BCUT2D eigenvalue weighted by molar-refractivity contribution is 0.229. The van der Waals surface area contributed by atoms with E-state index in [2.05, 4.69) is 5.43 Å². The maximum atomic E-state index is 11.6. The molecule has 3 N–H and O–H groups in total. The predicted molar refractivity (Wildman–Crippen MR) is 77.3 cm³/mol. The first-order valence-electron chi connectivity index (χ1n) is 6.87. The van der Waals surface area contributed by atoms with Gasteiger partial charge in [-0.05, 0) is 44.2 Å². The topological polar surface area (TPSA) is 88.6 Å². The van der Waals surface area contributed by atoms with E-state index in [0.29, 0.717) is 19.0 Å². The van der Waals surface area contributed by atoms with Crippen molar-refractivity contribution in [3.8, 4) is 0 Å². The number of sulfonamides is 1. The predicted octanol–water partition coefficient (Wildman–Crippen LogP) is 1.15. The zero-order chi connectivity index (χ0) is 14.8. The Morgan fingerprint density at radius 1 is 1.55 bits per heavy atom. The summed E-state index contributed by atoms with van der Waals surface area (Å²) in [6, 6.07) is 3.74. The molecule has 0 aromatic carbocycles. The third-order valence-electron chi connectivity index (χ3n) is 3.83. The zero-order valence-electron chi connectivity index (χ0n) is 12.0. The van der Waals surface area contributed by atoms with Crippen molar-refractivity contribution >= 4 is 10.0 Å². The lowest BCUT2D eigenvalue weighted by Gasteiger charge is -2.32. The Kier molecular flexibility index (Phi) is 4.85. The molecular weight excluding hydrogens is 278 g/mol. The van der Waals surface area contributed by atoms with Gasteiger partial charge in [0.2, 0.25) is 10.0 Å². The Morgan fingerprint density at radius 3 is 2.85 bits per heavy atom. The van der Waals surface area contributed by atoms with E-state index in [4.69, 9.17) is 10.3 Å². The summed E-state index contributed by atoms with van der Waals surface area (Å²) < 4.78 is 30.4. The van der Waals surface area contributed by atoms with Crippen LogP contribution in [0.25, 0.3) is 0 Å². The summed E-state index contributed by atoms with van der Waals surface area (Å²) >= 11 is 0. The van der Waals surface area contributed by atoms with E-state index in [1.807, 2.05) is 19.1 Å². The Morgan fingerprint density at radius 2 is 2.30 bits per heavy atom. The normalized spacial score (nSPS) is 22.9. The Bertz CT molecular complexity index is 541. The van der Waals surface area contributed by atoms with Gasteiger partial charge in [-0.2, -0.15) is 0 Å². The van der Waals surface area contributed by atoms with Gasteiger partial charge in [-0.3, -0.25) is 5.84 Å². The van der Waals surface area contributed by atoms with Crippen LogP contribution in [0.2, 0.25) is 0 Å². The molecule has 1 aliphatic rings. The van der Waals surface area contributed by atoms with E-state index in [1.54, 1.807) is 4.31 Å². The summed E-state index contributed by atoms with van der Waals surface area (Å²) in [4.78, 5) is 0. The average Bonchev–Trinajstić information content (AvgIpc) is 2.82. The van der Waals surface area contributed by atoms with Gasteiger partial charge in [0, 0.05) is 13.1 Å². The molecule has 1 aliphatic heterocycles. The second-order valence-corrected chi connectivity index (χ2v) is 7.52. The third kappa shape index (κ3) is 3.82. The number of nitrogens with two attached hydrogens (primary N) is 1. The maximum Gasteiger partial charge on any atom is 0.211 e. The molecule has 114 valence electrons. The summed E-state index contributed by atoms with van der Waals surface area (Å²) in [7, 11) is -3.10. The highest BCUT2D eigenvalue weighted by molar-refractivity contribution is 7.88. The van der Waals surface area contributed by atoms with Gasteiger partial charge in [-0.1, -0.05) is 0 Å². The molecule has 0 amide bonds. The second kappa shape index (κ2) is 6.26. The molecule has 0 aliphatic carbocycles. The number of nitrogens with one attached hydrogen (secondary N) is 1. The molecule has 0 spiro atoms. The van der Waals surface area contributed by atoms with Gasteiger partial charge in [0.1, 0.15) is 11.5 Å². The highest BCUT2D eigenvalue weighted by Gasteiger charge is 2.28. The van der Waals surface area contributed by atoms with Crippen LogP contribution in [0.5, 0.6) is 0 Å². The Hall–Kier alpha value is -0.890. The van der Waals surface area contributed by atoms with Crippen LogP contribution >= 0.6 is 0 Å². The molecule has 1 fully saturated rings. The molecule has 2 heterocycles. The van der Waals surface area contributed by atoms with E-state index in [0.717, 1.165) is 30.8 Å². The van der Waals surface area contributed by atoms with Gasteiger partial charge in [0.15, 0.2) is 0 Å². The fourth-order valence-electron chi connectivity index (χ4n) is 2.76. The molecule has 1 aromatic rings. The van der Waals surface area contributed by atoms with E-state index >= 15 is 0 Å². The van der Waals surface area contributed by atoms with Crippen LogP contribution in [-0.4, -0.2) is 32.1 Å². The number of rotatable bonds is 5. The molecule has 1 aromatic heterocycles. The lowest BCUT2D eigenvalue weighted by atomic mass is 9.92. The molecule has 0 radical (unpaired) electrons. The van der Waals surface area contributed by atoms with Crippen molar-refractivity contribution in [1.82, 2.24) is 9.73 Å². The van der Waals surface area contributed by atoms with E-state index < -0.39 is 10.0 Å². The number of furan rings is 1. The molecule has 0 saturated carbocycles. The first-order chi connectivity index (χ1) is 9.40. The number of piperidine rings is 1. The third-order valence-corrected chi connectivity index (χ3v) is 5.10. The smallest absolute Gasteiger partial charge is 0.211 e. The highest BCUT2D eigenvalue weighted by atomic mass is 32.2. The van der Waals surface area contributed by atoms with Crippen LogP contribution < -0.4 is 11.3 Å². The molecule has 2 atom stereocenters. The molecule has 0 bridgehead atoms. The molecule has 20 heavy (non-hydrogen) atoms. The molecule has 1 saturated heterocycles. The van der Waals surface area contributed by atoms with Crippen molar-refractivity contribution in [2.45, 2.75) is 32.2 Å². The van der Waals surface area contributed by atoms with Crippen LogP contribution in [0.3, 0.4) is 0 Å². The van der Waals surface area contributed by atoms with E-state index in [9.17, 15) is 8.42 Å². The maximum absolute atomic E-state index is 11.6. The first-order valence-corrected chi connectivity index (χ1v) is 8.72. The fourth-order valence-corrected chi connectivity index (χ4v) is 3.70. The van der Waals surface area contributed by atoms with Gasteiger partial charge in [-0.15, -0.1) is 0 Å². The second-order valence-electron chi connectivity index (χ2n) is 5.53. The van der Waals surface area contributed by atoms with Gasteiger partial charge < -0.3 is 4.42 Å². The summed E-state index contributed by atoms with van der Waals surface area (Å²) in [5.74, 6) is 7.56. The molecule has 7 heteroatoms. The molecule has 2 rings (SSSR count). The standard InChI is InChI=1S/C13H23N3O3S/c1-10-5-6-13(19-10)12(15-14)8-11-4-3-7-16(9-11)20(2,17)18/h5-6,11-12,15H,3-4,7-9,14H2,1-2H3. The number of hydrogen-bond acceptors (Lipinski definition) is 5. The quantitative estimate of drug-likeness (QED) is 0.629. The van der Waals surface area contributed by atoms with Gasteiger partial charge in [0.05, 0.1) is 12.3 Å². The monoisotopic (exact) mass is 301 g/mol. The van der Waals surface area contributed by atoms with Crippen molar-refractivity contribution < 1.29 is 12.8 Å². The summed E-state index contributed by atoms with van der Waals surface area (Å²) in [6.07, 6.45) is 3.95. The largest absolute Gasteiger partial charge is 0.465 e. The van der Waals surface area contributed by atoms with Crippen molar-refractivity contribution in [2.75, 3.05) is 19.3 Å². The SMILES string of the molecule is Cc1ccc(C(CC2CCCN(S(C)(=O)=O)C2)NN)o1. The number of nitrogens with zero attached hydrogens (tertiary/aromatic N) is 1. The highest BCUT2D eigenvalue weighted by Crippen LogP contribution is 2.28. The fraction of sp³-hybridized carbons (Fsp3) is 0.692. The summed E-state index contributed by atoms with van der Waals surface area (Å²) in [6.45, 7) is 3.08. The van der Waals surface area contributed by atoms with Crippen LogP contribution in [0.15, 0.2) is 16.5 Å². The van der Waals surface area contributed by atoms with E-state index in [1.165, 1.54) is 6.26 Å². The first kappa shape index (κ1) is 15.5. The van der Waals surface area contributed by atoms with Crippen molar-refractivity contribution in [2.24, 2.45) is 11.8 Å². The van der Waals surface area contributed by atoms with Crippen LogP contribution in [0.4, 0.5) is 0 Å². The summed E-state index contributed by atoms with van der Waals surface area (Å²) in [5, 5.41) is 0. The minimum absolute atomic E-state index is 0.0757. The Balaban J connectivity index is 2.01. The lowest BCUT2D eigenvalue weighted by Crippen LogP contribution is -2.41. The average molecular weight is 301 g/mol. The van der Waals surface area contributed by atoms with Gasteiger partial charge in [-0.25, -0.2) is 18.1 Å². The minimum Gasteiger partial charge on any atom is -0.465 e. The molecular formula is C13H23N3O3S. The van der Waals surface area contributed by atoms with Crippen molar-refractivity contribution in [3.05, 3.63) is 23.7 Å². The number of hydrazine groups is 1. The molecule has 2 unspecified atom stereocenters. The van der Waals surface area contributed by atoms with Crippen molar-refractivity contribution in [3.63, 3.8) is 0 Å². The Labute approximate surface area is 120 Å². The van der Waals surface area contributed by atoms with Crippen molar-refractivity contribution in [1.29, 1.82) is 0 Å². The van der Waals surface area contributed by atoms with E-state index in [-0.39, 0.29) is 6.04 Å². The number of hydrogen-bond donors (Lipinski definition) is 2. The molecule has 6 nitrogen and oxygen atoms in total. The zero-order valence-corrected chi connectivity index (χ0v) is 12.8. The minimum atomic E-state index is -3.10. The van der Waals surface area contributed by atoms with Crippen LogP contribution in [0, 0.1) is 12.8 Å². The van der Waals surface area contributed by atoms with Gasteiger partial charge in [0.25, 0.3) is 0 Å². The summed E-state index contributed by atoms with van der Waals surface area (Å²) in [5.41, 5.74) is 2.77. The van der Waals surface area contributed by atoms with Crippen LogP contribution in [0.1, 0.15) is 36.8 Å². The van der Waals surface area contributed by atoms with Crippen LogP contribution in [-0.2, 0) is 10.0 Å². The number of aryl methyl sites for hydroxylation is 1. The van der Waals surface area contributed by atoms with Gasteiger partial charge >= 0.3 is 0 Å².